The molecular formula is C13H11N3O. The van der Waals surface area contributed by atoms with Crippen molar-refractivity contribution in [2.45, 2.75) is 19.4 Å². The molecule has 0 atom stereocenters. The molecule has 1 aliphatic rings. The second-order valence-corrected chi connectivity index (χ2v) is 4.07. The molecule has 3 rings (SSSR count). The summed E-state index contributed by atoms with van der Waals surface area (Å²) in [5.74, 6) is 1.14. The Balaban J connectivity index is 2.09. The van der Waals surface area contributed by atoms with Gasteiger partial charge in [0.25, 0.3) is 0 Å². The molecule has 17 heavy (non-hydrogen) atoms. The normalized spacial score (nSPS) is 13.2. The maximum Gasteiger partial charge on any atom is 0.240 e. The minimum atomic E-state index is 0.631. The molecule has 0 amide bonds. The zero-order valence-corrected chi connectivity index (χ0v) is 9.26. The van der Waals surface area contributed by atoms with Crippen LogP contribution in [0.15, 0.2) is 35.5 Å². The number of carbonyl (C=O) groups excluding carboxylic acids is 1. The van der Waals surface area contributed by atoms with Crippen molar-refractivity contribution in [1.29, 1.82) is 0 Å². The molecule has 0 fully saturated rings. The highest BCUT2D eigenvalue weighted by Gasteiger charge is 2.16. The highest BCUT2D eigenvalue weighted by atomic mass is 16.1. The Morgan fingerprint density at radius 3 is 3.24 bits per heavy atom. The van der Waals surface area contributed by atoms with E-state index in [1.54, 1.807) is 12.1 Å². The van der Waals surface area contributed by atoms with Gasteiger partial charge in [-0.05, 0) is 18.6 Å². The van der Waals surface area contributed by atoms with Crippen molar-refractivity contribution in [3.8, 4) is 11.3 Å². The van der Waals surface area contributed by atoms with Gasteiger partial charge >= 0.3 is 0 Å². The number of aryl methyl sites for hydroxylation is 1. The topological polar surface area (TPSA) is 47.2 Å². The number of rotatable bonds is 2. The molecule has 2 aromatic rings. The van der Waals surface area contributed by atoms with Crippen molar-refractivity contribution in [2.24, 2.45) is 4.99 Å². The zero-order chi connectivity index (χ0) is 11.7. The van der Waals surface area contributed by atoms with E-state index in [1.165, 1.54) is 0 Å². The predicted molar refractivity (Wildman–Crippen MR) is 63.8 cm³/mol. The van der Waals surface area contributed by atoms with E-state index in [0.717, 1.165) is 36.5 Å². The highest BCUT2D eigenvalue weighted by molar-refractivity contribution is 5.65. The highest BCUT2D eigenvalue weighted by Crippen LogP contribution is 2.27. The first-order valence-electron chi connectivity index (χ1n) is 5.61. The molecule has 84 valence electrons. The summed E-state index contributed by atoms with van der Waals surface area (Å²) in [6.07, 6.45) is 5.65. The van der Waals surface area contributed by atoms with Crippen LogP contribution in [0.2, 0.25) is 0 Å². The summed E-state index contributed by atoms with van der Waals surface area (Å²) in [6.45, 7) is 1.02. The van der Waals surface area contributed by atoms with Crippen molar-refractivity contribution in [3.05, 3.63) is 36.3 Å². The molecule has 0 saturated heterocycles. The van der Waals surface area contributed by atoms with E-state index in [2.05, 4.69) is 14.5 Å². The molecule has 1 aliphatic heterocycles. The van der Waals surface area contributed by atoms with Crippen LogP contribution in [0.25, 0.3) is 11.3 Å². The van der Waals surface area contributed by atoms with Gasteiger partial charge in [0.1, 0.15) is 5.82 Å². The Morgan fingerprint density at radius 2 is 2.35 bits per heavy atom. The lowest BCUT2D eigenvalue weighted by Gasteiger charge is -2.05. The van der Waals surface area contributed by atoms with Crippen LogP contribution in [0.5, 0.6) is 0 Å². The van der Waals surface area contributed by atoms with Crippen molar-refractivity contribution in [3.63, 3.8) is 0 Å². The molecule has 0 N–H and O–H groups in total. The summed E-state index contributed by atoms with van der Waals surface area (Å²) in [7, 11) is 0. The van der Waals surface area contributed by atoms with E-state index in [-0.39, 0.29) is 0 Å². The summed E-state index contributed by atoms with van der Waals surface area (Å²) in [4.78, 5) is 18.3. The van der Waals surface area contributed by atoms with Crippen molar-refractivity contribution < 1.29 is 4.79 Å². The number of hydrogen-bond donors (Lipinski definition) is 0. The van der Waals surface area contributed by atoms with Gasteiger partial charge in [0.2, 0.25) is 6.08 Å². The molecule has 1 aromatic heterocycles. The van der Waals surface area contributed by atoms with Crippen molar-refractivity contribution in [1.82, 2.24) is 9.55 Å². The van der Waals surface area contributed by atoms with Crippen molar-refractivity contribution >= 4 is 11.8 Å². The van der Waals surface area contributed by atoms with Gasteiger partial charge in [0, 0.05) is 18.5 Å². The van der Waals surface area contributed by atoms with Gasteiger partial charge in [0.05, 0.1) is 17.6 Å². The number of nitrogens with zero attached hydrogens (tertiary/aromatic N) is 3. The summed E-state index contributed by atoms with van der Waals surface area (Å²) >= 11 is 0. The van der Waals surface area contributed by atoms with Gasteiger partial charge in [-0.1, -0.05) is 12.1 Å². The van der Waals surface area contributed by atoms with Gasteiger partial charge in [-0.25, -0.2) is 9.78 Å². The van der Waals surface area contributed by atoms with Crippen LogP contribution in [-0.4, -0.2) is 15.6 Å². The molecule has 2 heterocycles. The lowest BCUT2D eigenvalue weighted by molar-refractivity contribution is 0.565. The standard InChI is InChI=1S/C13H11N3O/c17-9-15-11-4-1-3-10(7-11)12-8-14-13-5-2-6-16(12)13/h1,3-4,7-8H,2,5-6H2. The van der Waals surface area contributed by atoms with E-state index in [4.69, 9.17) is 0 Å². The van der Waals surface area contributed by atoms with Gasteiger partial charge in [-0.2, -0.15) is 4.99 Å². The van der Waals surface area contributed by atoms with E-state index in [1.807, 2.05) is 24.4 Å². The van der Waals surface area contributed by atoms with Crippen LogP contribution >= 0.6 is 0 Å². The van der Waals surface area contributed by atoms with Crippen LogP contribution in [0.1, 0.15) is 12.2 Å². The number of aromatic nitrogens is 2. The van der Waals surface area contributed by atoms with Crippen LogP contribution in [-0.2, 0) is 17.8 Å². The third kappa shape index (κ3) is 1.69. The fourth-order valence-electron chi connectivity index (χ4n) is 2.28. The quantitative estimate of drug-likeness (QED) is 0.582. The molecule has 1 aromatic carbocycles. The van der Waals surface area contributed by atoms with Crippen molar-refractivity contribution in [2.75, 3.05) is 0 Å². The van der Waals surface area contributed by atoms with Crippen LogP contribution in [0, 0.1) is 0 Å². The Labute approximate surface area is 98.6 Å². The van der Waals surface area contributed by atoms with Gasteiger partial charge in [0.15, 0.2) is 0 Å². The molecule has 0 radical (unpaired) electrons. The largest absolute Gasteiger partial charge is 0.328 e. The first kappa shape index (κ1) is 10.00. The second kappa shape index (κ2) is 4.00. The number of imidazole rings is 1. The molecule has 0 aliphatic carbocycles. The first-order chi connectivity index (χ1) is 8.38. The lowest BCUT2D eigenvalue weighted by atomic mass is 10.1. The first-order valence-corrected chi connectivity index (χ1v) is 5.61. The summed E-state index contributed by atoms with van der Waals surface area (Å²) in [5, 5.41) is 0. The average Bonchev–Trinajstić information content (AvgIpc) is 2.91. The Kier molecular flexibility index (Phi) is 2.35. The Hall–Kier alpha value is -2.19. The number of isocyanates is 1. The smallest absolute Gasteiger partial charge is 0.240 e. The number of fused-ring (bicyclic) bond motifs is 1. The number of aliphatic imine (C=N–C) groups is 1. The predicted octanol–water partition coefficient (Wildman–Crippen LogP) is 2.46. The zero-order valence-electron chi connectivity index (χ0n) is 9.26. The van der Waals surface area contributed by atoms with Gasteiger partial charge in [-0.3, -0.25) is 0 Å². The number of hydrogen-bond acceptors (Lipinski definition) is 3. The lowest BCUT2D eigenvalue weighted by Crippen LogP contribution is -1.94. The summed E-state index contributed by atoms with van der Waals surface area (Å²) < 4.78 is 2.23. The monoisotopic (exact) mass is 225 g/mol. The van der Waals surface area contributed by atoms with Crippen LogP contribution in [0.3, 0.4) is 0 Å². The Bertz CT molecular complexity index is 609. The van der Waals surface area contributed by atoms with E-state index >= 15 is 0 Å². The minimum absolute atomic E-state index is 0.631. The molecule has 0 spiro atoms. The SMILES string of the molecule is O=C=Nc1cccc(-c2cnc3n2CCC3)c1. The maximum absolute atomic E-state index is 10.3. The molecule has 4 heteroatoms. The summed E-state index contributed by atoms with van der Waals surface area (Å²) in [5.41, 5.74) is 2.77. The van der Waals surface area contributed by atoms with E-state index in [9.17, 15) is 4.79 Å². The Morgan fingerprint density at radius 1 is 1.41 bits per heavy atom. The molecular weight excluding hydrogens is 214 g/mol. The third-order valence-corrected chi connectivity index (χ3v) is 3.04. The molecule has 4 nitrogen and oxygen atoms in total. The van der Waals surface area contributed by atoms with Gasteiger partial charge in [-0.15, -0.1) is 0 Å². The van der Waals surface area contributed by atoms with E-state index in [0.29, 0.717) is 5.69 Å². The maximum atomic E-state index is 10.3. The summed E-state index contributed by atoms with van der Waals surface area (Å²) in [6, 6.07) is 7.57. The number of benzene rings is 1. The molecule has 0 unspecified atom stereocenters. The van der Waals surface area contributed by atoms with E-state index < -0.39 is 0 Å². The third-order valence-electron chi connectivity index (χ3n) is 3.04. The average molecular weight is 225 g/mol. The minimum Gasteiger partial charge on any atom is -0.328 e. The molecule has 0 bridgehead atoms. The van der Waals surface area contributed by atoms with Crippen LogP contribution in [0.4, 0.5) is 5.69 Å². The fraction of sp³-hybridized carbons (Fsp3) is 0.231. The molecule has 0 saturated carbocycles. The van der Waals surface area contributed by atoms with Gasteiger partial charge < -0.3 is 4.57 Å². The fourth-order valence-corrected chi connectivity index (χ4v) is 2.28. The van der Waals surface area contributed by atoms with Crippen LogP contribution < -0.4 is 0 Å². The second-order valence-electron chi connectivity index (χ2n) is 4.07.